The van der Waals surface area contributed by atoms with Crippen molar-refractivity contribution in [2.75, 3.05) is 5.32 Å². The van der Waals surface area contributed by atoms with Crippen molar-refractivity contribution in [3.63, 3.8) is 0 Å². The summed E-state index contributed by atoms with van der Waals surface area (Å²) in [7, 11) is 0. The summed E-state index contributed by atoms with van der Waals surface area (Å²) in [5.74, 6) is 0.972. The molecule has 2 atom stereocenters. The maximum absolute atomic E-state index is 3.71. The molecule has 1 aliphatic rings. The predicted molar refractivity (Wildman–Crippen MR) is 75.5 cm³/mol. The Labute approximate surface area is 106 Å². The second-order valence-electron chi connectivity index (χ2n) is 5.49. The Hall–Kier alpha value is -0.980. The molecule has 1 N–H and O–H groups in total. The maximum Gasteiger partial charge on any atom is 0.0344 e. The Morgan fingerprint density at radius 3 is 2.82 bits per heavy atom. The van der Waals surface area contributed by atoms with E-state index in [9.17, 15) is 0 Å². The Morgan fingerprint density at radius 1 is 1.18 bits per heavy atom. The fourth-order valence-electron chi connectivity index (χ4n) is 2.90. The fourth-order valence-corrected chi connectivity index (χ4v) is 2.90. The summed E-state index contributed by atoms with van der Waals surface area (Å²) >= 11 is 0. The van der Waals surface area contributed by atoms with Crippen molar-refractivity contribution in [3.8, 4) is 0 Å². The molecule has 0 radical (unpaired) electrons. The van der Waals surface area contributed by atoms with E-state index in [1.807, 2.05) is 0 Å². The molecule has 0 aliphatic heterocycles. The molecule has 0 amide bonds. The molecule has 0 saturated heterocycles. The van der Waals surface area contributed by atoms with Gasteiger partial charge in [-0.05, 0) is 49.8 Å². The molecule has 1 heteroatoms. The van der Waals surface area contributed by atoms with Gasteiger partial charge >= 0.3 is 0 Å². The van der Waals surface area contributed by atoms with Gasteiger partial charge in [0, 0.05) is 11.7 Å². The highest BCUT2D eigenvalue weighted by molar-refractivity contribution is 5.46. The second kappa shape index (κ2) is 6.09. The highest BCUT2D eigenvalue weighted by atomic mass is 14.9. The maximum atomic E-state index is 3.71. The van der Waals surface area contributed by atoms with Gasteiger partial charge in [-0.2, -0.15) is 0 Å². The molecule has 1 aromatic rings. The lowest BCUT2D eigenvalue weighted by molar-refractivity contribution is 0.444. The summed E-state index contributed by atoms with van der Waals surface area (Å²) < 4.78 is 0. The first-order valence-corrected chi connectivity index (χ1v) is 7.11. The van der Waals surface area contributed by atoms with Gasteiger partial charge in [-0.3, -0.25) is 0 Å². The van der Waals surface area contributed by atoms with Crippen LogP contribution in [-0.2, 0) is 0 Å². The Kier molecular flexibility index (Phi) is 4.47. The van der Waals surface area contributed by atoms with Gasteiger partial charge in [-0.15, -0.1) is 0 Å². The fraction of sp³-hybridized carbons (Fsp3) is 0.625. The number of rotatable bonds is 3. The Morgan fingerprint density at radius 2 is 2.06 bits per heavy atom. The van der Waals surface area contributed by atoms with Crippen LogP contribution in [-0.4, -0.2) is 6.04 Å². The lowest BCUT2D eigenvalue weighted by Gasteiger charge is -2.18. The number of hydrogen-bond donors (Lipinski definition) is 1. The molecular formula is C16H25N. The molecule has 2 unspecified atom stereocenters. The molecule has 0 bridgehead atoms. The van der Waals surface area contributed by atoms with Crippen LogP contribution >= 0.6 is 0 Å². The van der Waals surface area contributed by atoms with Crippen molar-refractivity contribution >= 4 is 5.69 Å². The van der Waals surface area contributed by atoms with E-state index in [2.05, 4.69) is 43.4 Å². The Bertz CT molecular complexity index is 345. The number of aryl methyl sites for hydroxylation is 1. The molecule has 0 heterocycles. The summed E-state index contributed by atoms with van der Waals surface area (Å²) in [6.07, 6.45) is 8.26. The number of nitrogens with one attached hydrogen (secondary N) is 1. The molecular weight excluding hydrogens is 206 g/mol. The average molecular weight is 231 g/mol. The number of anilines is 1. The molecule has 1 aromatic carbocycles. The first-order chi connectivity index (χ1) is 8.28. The summed E-state index contributed by atoms with van der Waals surface area (Å²) in [6.45, 7) is 4.49. The van der Waals surface area contributed by atoms with Gasteiger partial charge in [0.15, 0.2) is 0 Å². The minimum absolute atomic E-state index is 0.688. The highest BCUT2D eigenvalue weighted by Crippen LogP contribution is 2.27. The monoisotopic (exact) mass is 231 g/mol. The summed E-state index contributed by atoms with van der Waals surface area (Å²) in [5, 5.41) is 3.71. The zero-order valence-electron chi connectivity index (χ0n) is 11.2. The van der Waals surface area contributed by atoms with Gasteiger partial charge in [-0.1, -0.05) is 38.3 Å². The molecule has 0 spiro atoms. The molecule has 1 nitrogen and oxygen atoms in total. The SMILES string of the molecule is CCC1CCCC(Nc2cccc(C)c2)CC1. The second-order valence-corrected chi connectivity index (χ2v) is 5.49. The summed E-state index contributed by atoms with van der Waals surface area (Å²) in [4.78, 5) is 0. The van der Waals surface area contributed by atoms with Crippen molar-refractivity contribution in [2.45, 2.75) is 58.4 Å². The van der Waals surface area contributed by atoms with E-state index >= 15 is 0 Å². The van der Waals surface area contributed by atoms with E-state index in [4.69, 9.17) is 0 Å². The molecule has 94 valence electrons. The highest BCUT2D eigenvalue weighted by Gasteiger charge is 2.17. The first kappa shape index (κ1) is 12.5. The molecule has 17 heavy (non-hydrogen) atoms. The van der Waals surface area contributed by atoms with Crippen molar-refractivity contribution < 1.29 is 0 Å². The van der Waals surface area contributed by atoms with Gasteiger partial charge in [0.1, 0.15) is 0 Å². The van der Waals surface area contributed by atoms with Crippen LogP contribution < -0.4 is 5.32 Å². The number of benzene rings is 1. The third kappa shape index (κ3) is 3.76. The van der Waals surface area contributed by atoms with E-state index in [1.165, 1.54) is 49.8 Å². The zero-order chi connectivity index (χ0) is 12.1. The van der Waals surface area contributed by atoms with Crippen molar-refractivity contribution in [2.24, 2.45) is 5.92 Å². The van der Waals surface area contributed by atoms with Crippen LogP contribution in [0.1, 0.15) is 51.0 Å². The van der Waals surface area contributed by atoms with Crippen molar-refractivity contribution in [1.82, 2.24) is 0 Å². The predicted octanol–water partition coefficient (Wildman–Crippen LogP) is 4.77. The minimum Gasteiger partial charge on any atom is -0.382 e. The van der Waals surface area contributed by atoms with E-state index < -0.39 is 0 Å². The molecule has 2 rings (SSSR count). The van der Waals surface area contributed by atoms with E-state index in [0.29, 0.717) is 6.04 Å². The van der Waals surface area contributed by atoms with Gasteiger partial charge in [0.25, 0.3) is 0 Å². The average Bonchev–Trinajstić information content (AvgIpc) is 2.54. The Balaban J connectivity index is 1.90. The summed E-state index contributed by atoms with van der Waals surface area (Å²) in [6, 6.07) is 9.43. The lowest BCUT2D eigenvalue weighted by atomic mass is 9.98. The molecule has 1 saturated carbocycles. The smallest absolute Gasteiger partial charge is 0.0344 e. The topological polar surface area (TPSA) is 12.0 Å². The van der Waals surface area contributed by atoms with Crippen LogP contribution in [0.15, 0.2) is 24.3 Å². The van der Waals surface area contributed by atoms with Crippen LogP contribution in [0.3, 0.4) is 0 Å². The molecule has 1 aliphatic carbocycles. The van der Waals surface area contributed by atoms with E-state index in [0.717, 1.165) is 5.92 Å². The third-order valence-corrected chi connectivity index (χ3v) is 4.05. The lowest BCUT2D eigenvalue weighted by Crippen LogP contribution is -2.18. The van der Waals surface area contributed by atoms with Crippen LogP contribution in [0.25, 0.3) is 0 Å². The van der Waals surface area contributed by atoms with E-state index in [1.54, 1.807) is 0 Å². The van der Waals surface area contributed by atoms with Crippen molar-refractivity contribution in [3.05, 3.63) is 29.8 Å². The zero-order valence-corrected chi connectivity index (χ0v) is 11.2. The van der Waals surface area contributed by atoms with Crippen LogP contribution in [0.5, 0.6) is 0 Å². The van der Waals surface area contributed by atoms with E-state index in [-0.39, 0.29) is 0 Å². The normalized spacial score (nSPS) is 25.3. The molecule has 1 fully saturated rings. The quantitative estimate of drug-likeness (QED) is 0.739. The van der Waals surface area contributed by atoms with Crippen LogP contribution in [0.2, 0.25) is 0 Å². The summed E-state index contributed by atoms with van der Waals surface area (Å²) in [5.41, 5.74) is 2.64. The molecule has 0 aromatic heterocycles. The van der Waals surface area contributed by atoms with Crippen molar-refractivity contribution in [1.29, 1.82) is 0 Å². The van der Waals surface area contributed by atoms with Crippen LogP contribution in [0, 0.1) is 12.8 Å². The van der Waals surface area contributed by atoms with Gasteiger partial charge in [-0.25, -0.2) is 0 Å². The minimum atomic E-state index is 0.688. The van der Waals surface area contributed by atoms with Gasteiger partial charge in [0.2, 0.25) is 0 Å². The van der Waals surface area contributed by atoms with Crippen LogP contribution in [0.4, 0.5) is 5.69 Å². The standard InChI is InChI=1S/C16H25N/c1-3-14-7-5-8-15(11-10-14)17-16-9-4-6-13(2)12-16/h4,6,9,12,14-15,17H,3,5,7-8,10-11H2,1-2H3. The van der Waals surface area contributed by atoms with Gasteiger partial charge in [0.05, 0.1) is 0 Å². The number of hydrogen-bond acceptors (Lipinski definition) is 1. The first-order valence-electron chi connectivity index (χ1n) is 7.11. The van der Waals surface area contributed by atoms with Gasteiger partial charge < -0.3 is 5.32 Å². The third-order valence-electron chi connectivity index (χ3n) is 4.05. The largest absolute Gasteiger partial charge is 0.382 e.